The van der Waals surface area contributed by atoms with E-state index in [0.29, 0.717) is 6.04 Å². The molecule has 5 nitrogen and oxygen atoms in total. The van der Waals surface area contributed by atoms with Crippen LogP contribution < -0.4 is 15.2 Å². The molecule has 1 atom stereocenters. The number of ether oxygens (including phenoxy) is 1. The molecule has 0 spiro atoms. The van der Waals surface area contributed by atoms with Crippen molar-refractivity contribution in [2.45, 2.75) is 57.7 Å². The molecule has 2 aromatic heterocycles. The van der Waals surface area contributed by atoms with Crippen molar-refractivity contribution in [1.29, 1.82) is 0 Å². The first-order chi connectivity index (χ1) is 13.7. The van der Waals surface area contributed by atoms with Gasteiger partial charge in [0.15, 0.2) is 5.82 Å². The van der Waals surface area contributed by atoms with Crippen molar-refractivity contribution in [3.63, 3.8) is 0 Å². The van der Waals surface area contributed by atoms with E-state index in [4.69, 9.17) is 9.72 Å². The number of rotatable bonds is 6. The summed E-state index contributed by atoms with van der Waals surface area (Å²) in [6.45, 7) is 1.71. The third-order valence-corrected chi connectivity index (χ3v) is 7.20. The fraction of sp³-hybridized carbons (Fsp3) is 0.455. The highest BCUT2D eigenvalue weighted by molar-refractivity contribution is 7.18. The van der Waals surface area contributed by atoms with Gasteiger partial charge in [0.25, 0.3) is 5.56 Å². The smallest absolute Gasteiger partial charge is 0.260 e. The quantitative estimate of drug-likeness (QED) is 0.673. The highest BCUT2D eigenvalue weighted by Gasteiger charge is 2.34. The Kier molecular flexibility index (Phi) is 4.69. The zero-order chi connectivity index (χ0) is 19.1. The molecular weight excluding hydrogens is 370 g/mol. The minimum Gasteiger partial charge on any atom is -0.497 e. The Morgan fingerprint density at radius 2 is 1.96 bits per heavy atom. The van der Waals surface area contributed by atoms with Gasteiger partial charge >= 0.3 is 0 Å². The average molecular weight is 397 g/mol. The number of benzene rings is 1. The van der Waals surface area contributed by atoms with Crippen molar-refractivity contribution in [3.8, 4) is 5.75 Å². The number of nitrogens with one attached hydrogen (secondary N) is 2. The van der Waals surface area contributed by atoms with Crippen LogP contribution >= 0.6 is 11.3 Å². The minimum atomic E-state index is 0.0546. The molecule has 2 heterocycles. The van der Waals surface area contributed by atoms with Gasteiger partial charge in [-0.1, -0.05) is 0 Å². The Morgan fingerprint density at radius 1 is 1.18 bits per heavy atom. The second-order valence-electron chi connectivity index (χ2n) is 8.04. The zero-order valence-corrected chi connectivity index (χ0v) is 17.0. The molecule has 0 radical (unpaired) electrons. The molecular formula is C22H26N3O2S+. The molecule has 2 aliphatic rings. The standard InChI is InChI=1S/C22H25N3O2S/c1-27-16-10-6-14(7-11-16)12-25(15-8-9-15)13-19-23-21(26)20-17-4-2-3-5-18(17)28-22(20)24-19/h6-7,10-11,15H,2-5,8-9,12-13H2,1H3,(H,23,24,26)/p+1. The fourth-order valence-electron chi connectivity index (χ4n) is 4.36. The van der Waals surface area contributed by atoms with Crippen molar-refractivity contribution in [1.82, 2.24) is 9.97 Å². The number of hydrogen-bond acceptors (Lipinski definition) is 4. The zero-order valence-electron chi connectivity index (χ0n) is 16.2. The van der Waals surface area contributed by atoms with Crippen LogP contribution in [0.25, 0.3) is 10.2 Å². The molecule has 1 unspecified atom stereocenters. The number of aryl methyl sites for hydroxylation is 2. The molecule has 0 saturated heterocycles. The fourth-order valence-corrected chi connectivity index (χ4v) is 5.64. The van der Waals surface area contributed by atoms with Gasteiger partial charge in [0.2, 0.25) is 0 Å². The number of hydrogen-bond donors (Lipinski definition) is 2. The van der Waals surface area contributed by atoms with Crippen LogP contribution in [-0.4, -0.2) is 23.1 Å². The van der Waals surface area contributed by atoms with E-state index in [1.165, 1.54) is 46.6 Å². The van der Waals surface area contributed by atoms with Crippen molar-refractivity contribution in [2.75, 3.05) is 7.11 Å². The number of quaternary nitrogens is 1. The molecule has 1 aromatic carbocycles. The Labute approximate surface area is 168 Å². The lowest BCUT2D eigenvalue weighted by Gasteiger charge is -2.19. The summed E-state index contributed by atoms with van der Waals surface area (Å²) in [5, 5.41) is 0.853. The number of thiophene rings is 1. The van der Waals surface area contributed by atoms with E-state index >= 15 is 0 Å². The Balaban J connectivity index is 1.41. The van der Waals surface area contributed by atoms with E-state index in [1.807, 2.05) is 12.1 Å². The molecule has 0 bridgehead atoms. The van der Waals surface area contributed by atoms with Crippen LogP contribution in [0.5, 0.6) is 5.75 Å². The van der Waals surface area contributed by atoms with E-state index in [-0.39, 0.29) is 5.56 Å². The Bertz CT molecular complexity index is 1050. The third-order valence-electron chi connectivity index (χ3n) is 6.01. The molecule has 2 N–H and O–H groups in total. The largest absolute Gasteiger partial charge is 0.497 e. The van der Waals surface area contributed by atoms with Gasteiger partial charge in [0.1, 0.15) is 23.7 Å². The number of methoxy groups -OCH3 is 1. The van der Waals surface area contributed by atoms with Crippen molar-refractivity contribution in [3.05, 3.63) is 56.4 Å². The summed E-state index contributed by atoms with van der Waals surface area (Å²) in [4.78, 5) is 24.6. The van der Waals surface area contributed by atoms with Gasteiger partial charge in [-0.2, -0.15) is 0 Å². The maximum Gasteiger partial charge on any atom is 0.260 e. The van der Waals surface area contributed by atoms with Crippen LogP contribution in [0.1, 0.15) is 47.5 Å². The first kappa shape index (κ1) is 17.9. The normalized spacial score (nSPS) is 17.5. The SMILES string of the molecule is COc1ccc(C[NH+](Cc2nc3sc4c(c3c(=O)[nH]2)CCCC4)C2CC2)cc1. The number of nitrogens with zero attached hydrogens (tertiary/aromatic N) is 1. The van der Waals surface area contributed by atoms with Crippen LogP contribution in [0, 0.1) is 0 Å². The summed E-state index contributed by atoms with van der Waals surface area (Å²) in [6, 6.07) is 8.96. The molecule has 28 heavy (non-hydrogen) atoms. The van der Waals surface area contributed by atoms with Gasteiger partial charge in [-0.05, 0) is 55.5 Å². The highest BCUT2D eigenvalue weighted by Crippen LogP contribution is 2.33. The summed E-state index contributed by atoms with van der Waals surface area (Å²) in [5.74, 6) is 1.71. The molecule has 6 heteroatoms. The Morgan fingerprint density at radius 3 is 2.71 bits per heavy atom. The summed E-state index contributed by atoms with van der Waals surface area (Å²) < 4.78 is 5.26. The highest BCUT2D eigenvalue weighted by atomic mass is 32.1. The van der Waals surface area contributed by atoms with E-state index < -0.39 is 0 Å². The molecule has 1 fully saturated rings. The maximum absolute atomic E-state index is 12.8. The van der Waals surface area contributed by atoms with Crippen LogP contribution in [-0.2, 0) is 25.9 Å². The van der Waals surface area contributed by atoms with Crippen molar-refractivity contribution >= 4 is 21.6 Å². The van der Waals surface area contributed by atoms with E-state index in [1.54, 1.807) is 18.4 Å². The van der Waals surface area contributed by atoms with Gasteiger partial charge in [-0.15, -0.1) is 11.3 Å². The number of aromatic nitrogens is 2. The monoisotopic (exact) mass is 396 g/mol. The number of H-pyrrole nitrogens is 1. The average Bonchev–Trinajstić information content (AvgIpc) is 3.48. The van der Waals surface area contributed by atoms with Crippen LogP contribution in [0.15, 0.2) is 29.1 Å². The van der Waals surface area contributed by atoms with Gasteiger partial charge in [-0.3, -0.25) is 4.79 Å². The lowest BCUT2D eigenvalue weighted by atomic mass is 9.97. The van der Waals surface area contributed by atoms with Crippen molar-refractivity contribution in [2.24, 2.45) is 0 Å². The molecule has 2 aliphatic carbocycles. The summed E-state index contributed by atoms with van der Waals surface area (Å²) >= 11 is 1.73. The maximum atomic E-state index is 12.8. The van der Waals surface area contributed by atoms with E-state index in [2.05, 4.69) is 17.1 Å². The van der Waals surface area contributed by atoms with Gasteiger partial charge in [0.05, 0.1) is 18.5 Å². The van der Waals surface area contributed by atoms with Crippen molar-refractivity contribution < 1.29 is 9.64 Å². The molecule has 146 valence electrons. The predicted molar refractivity (Wildman–Crippen MR) is 111 cm³/mol. The molecule has 1 saturated carbocycles. The second-order valence-corrected chi connectivity index (χ2v) is 9.12. The van der Waals surface area contributed by atoms with Gasteiger partial charge < -0.3 is 14.6 Å². The topological polar surface area (TPSA) is 59.4 Å². The third kappa shape index (κ3) is 3.47. The van der Waals surface area contributed by atoms with Crippen LogP contribution in [0.4, 0.5) is 0 Å². The molecule has 0 aliphatic heterocycles. The number of fused-ring (bicyclic) bond motifs is 3. The van der Waals surface area contributed by atoms with E-state index in [0.717, 1.165) is 47.7 Å². The first-order valence-electron chi connectivity index (χ1n) is 10.2. The first-order valence-corrected chi connectivity index (χ1v) is 11.0. The van der Waals surface area contributed by atoms with Gasteiger partial charge in [0, 0.05) is 23.3 Å². The number of aromatic amines is 1. The summed E-state index contributed by atoms with van der Waals surface area (Å²) in [6.07, 6.45) is 7.04. The van der Waals surface area contributed by atoms with Crippen LogP contribution in [0.2, 0.25) is 0 Å². The van der Waals surface area contributed by atoms with Crippen LogP contribution in [0.3, 0.4) is 0 Å². The lowest BCUT2D eigenvalue weighted by molar-refractivity contribution is -0.939. The minimum absolute atomic E-state index is 0.0546. The Hall–Kier alpha value is -2.18. The predicted octanol–water partition coefficient (Wildman–Crippen LogP) is 2.62. The van der Waals surface area contributed by atoms with Gasteiger partial charge in [-0.25, -0.2) is 4.98 Å². The summed E-state index contributed by atoms with van der Waals surface area (Å²) in [5.41, 5.74) is 2.60. The summed E-state index contributed by atoms with van der Waals surface area (Å²) in [7, 11) is 1.69. The molecule has 3 aromatic rings. The molecule has 5 rings (SSSR count). The van der Waals surface area contributed by atoms with E-state index in [9.17, 15) is 4.79 Å². The molecule has 0 amide bonds. The lowest BCUT2D eigenvalue weighted by Crippen LogP contribution is -3.10. The second kappa shape index (κ2) is 7.33.